The Labute approximate surface area is 133 Å². The number of nitrogen functional groups attached to an aromatic ring is 1. The Bertz CT molecular complexity index is 887. The van der Waals surface area contributed by atoms with Gasteiger partial charge < -0.3 is 10.7 Å². The van der Waals surface area contributed by atoms with Gasteiger partial charge >= 0.3 is 0 Å². The molecule has 0 unspecified atom stereocenters. The number of anilines is 1. The molecule has 1 aromatic heterocycles. The molecule has 0 aliphatic heterocycles. The fourth-order valence-electron chi connectivity index (χ4n) is 2.11. The fraction of sp³-hybridized carbons (Fsp3) is 0. The lowest BCUT2D eigenvalue weighted by molar-refractivity contribution is 1.34. The maximum absolute atomic E-state index is 12.1. The molecule has 0 fully saturated rings. The van der Waals surface area contributed by atoms with E-state index in [1.165, 1.54) is 0 Å². The van der Waals surface area contributed by atoms with E-state index in [0.29, 0.717) is 11.1 Å². The van der Waals surface area contributed by atoms with Gasteiger partial charge in [0.25, 0.3) is 5.56 Å². The average molecular weight is 447 g/mol. The van der Waals surface area contributed by atoms with Crippen LogP contribution in [0.4, 0.5) is 5.69 Å². The SMILES string of the molecule is Nc1c(Br)cc2[nH]c(=O)c3cc(Br)ccc3c2c1Br. The number of benzene rings is 2. The van der Waals surface area contributed by atoms with Crippen molar-refractivity contribution in [2.24, 2.45) is 0 Å². The van der Waals surface area contributed by atoms with E-state index in [1.807, 2.05) is 18.2 Å². The molecule has 0 saturated carbocycles. The summed E-state index contributed by atoms with van der Waals surface area (Å²) in [5, 5.41) is 2.40. The van der Waals surface area contributed by atoms with Gasteiger partial charge in [0.1, 0.15) is 0 Å². The number of nitrogens with one attached hydrogen (secondary N) is 1. The van der Waals surface area contributed by atoms with Gasteiger partial charge in [0.05, 0.1) is 15.7 Å². The van der Waals surface area contributed by atoms with Crippen molar-refractivity contribution in [3.05, 3.63) is 48.0 Å². The minimum atomic E-state index is -0.118. The highest BCUT2D eigenvalue weighted by Gasteiger charge is 2.13. The molecule has 0 atom stereocenters. The van der Waals surface area contributed by atoms with Crippen molar-refractivity contribution in [1.82, 2.24) is 4.98 Å². The van der Waals surface area contributed by atoms with Crippen LogP contribution in [-0.2, 0) is 0 Å². The van der Waals surface area contributed by atoms with Crippen LogP contribution < -0.4 is 11.3 Å². The number of halogens is 3. The first-order chi connectivity index (χ1) is 8.99. The van der Waals surface area contributed by atoms with Crippen molar-refractivity contribution in [3.8, 4) is 0 Å². The molecule has 0 spiro atoms. The van der Waals surface area contributed by atoms with Crippen LogP contribution in [0.3, 0.4) is 0 Å². The summed E-state index contributed by atoms with van der Waals surface area (Å²) in [5.41, 5.74) is 7.25. The second-order valence-electron chi connectivity index (χ2n) is 4.15. The van der Waals surface area contributed by atoms with Crippen molar-refractivity contribution >= 4 is 75.2 Å². The molecule has 0 amide bonds. The first-order valence-corrected chi connectivity index (χ1v) is 7.75. The van der Waals surface area contributed by atoms with Crippen LogP contribution in [0, 0.1) is 0 Å². The van der Waals surface area contributed by atoms with E-state index in [2.05, 4.69) is 52.8 Å². The summed E-state index contributed by atoms with van der Waals surface area (Å²) in [6.45, 7) is 0. The molecule has 3 N–H and O–H groups in total. The third-order valence-corrected chi connectivity index (χ3v) is 4.97. The molecule has 6 heteroatoms. The van der Waals surface area contributed by atoms with E-state index in [-0.39, 0.29) is 5.56 Å². The van der Waals surface area contributed by atoms with Gasteiger partial charge in [0.15, 0.2) is 0 Å². The lowest BCUT2D eigenvalue weighted by atomic mass is 10.1. The number of aromatic amines is 1. The zero-order valence-corrected chi connectivity index (χ0v) is 14.2. The molecule has 0 saturated heterocycles. The van der Waals surface area contributed by atoms with Crippen LogP contribution in [0.25, 0.3) is 21.7 Å². The standard InChI is InChI=1S/C13H7Br3N2O/c14-5-1-2-6-7(3-5)13(19)18-9-4-8(15)12(17)11(16)10(6)9/h1-4H,17H2,(H,18,19). The average Bonchev–Trinajstić information content (AvgIpc) is 2.36. The number of fused-ring (bicyclic) bond motifs is 3. The molecule has 19 heavy (non-hydrogen) atoms. The van der Waals surface area contributed by atoms with Crippen LogP contribution >= 0.6 is 47.8 Å². The number of pyridine rings is 1. The molecule has 1 heterocycles. The third kappa shape index (κ3) is 2.02. The Morgan fingerprint density at radius 3 is 2.53 bits per heavy atom. The smallest absolute Gasteiger partial charge is 0.256 e. The molecular weight excluding hydrogens is 440 g/mol. The summed E-state index contributed by atoms with van der Waals surface area (Å²) in [6.07, 6.45) is 0. The number of hydrogen-bond acceptors (Lipinski definition) is 2. The molecule has 0 bridgehead atoms. The number of aromatic nitrogens is 1. The predicted octanol–water partition coefficient (Wildman–Crippen LogP) is 4.55. The normalized spacial score (nSPS) is 11.3. The summed E-state index contributed by atoms with van der Waals surface area (Å²) in [7, 11) is 0. The predicted molar refractivity (Wildman–Crippen MR) is 89.6 cm³/mol. The van der Waals surface area contributed by atoms with Gasteiger partial charge in [-0.25, -0.2) is 0 Å². The van der Waals surface area contributed by atoms with Crippen LogP contribution in [0.5, 0.6) is 0 Å². The van der Waals surface area contributed by atoms with Crippen molar-refractivity contribution in [1.29, 1.82) is 0 Å². The zero-order chi connectivity index (χ0) is 13.7. The van der Waals surface area contributed by atoms with Crippen LogP contribution in [-0.4, -0.2) is 4.98 Å². The van der Waals surface area contributed by atoms with Gasteiger partial charge in [0.2, 0.25) is 0 Å². The van der Waals surface area contributed by atoms with E-state index in [4.69, 9.17) is 5.73 Å². The largest absolute Gasteiger partial charge is 0.397 e. The maximum atomic E-state index is 12.1. The van der Waals surface area contributed by atoms with Crippen LogP contribution in [0.15, 0.2) is 42.5 Å². The van der Waals surface area contributed by atoms with Gasteiger partial charge in [-0.05, 0) is 55.4 Å². The molecule has 0 aliphatic carbocycles. The summed E-state index contributed by atoms with van der Waals surface area (Å²) in [6, 6.07) is 7.44. The summed E-state index contributed by atoms with van der Waals surface area (Å²) < 4.78 is 2.39. The van der Waals surface area contributed by atoms with Crippen LogP contribution in [0.1, 0.15) is 0 Å². The Balaban J connectivity index is 2.67. The topological polar surface area (TPSA) is 58.9 Å². The maximum Gasteiger partial charge on any atom is 0.256 e. The second kappa shape index (κ2) is 4.61. The van der Waals surface area contributed by atoms with Crippen molar-refractivity contribution in [2.45, 2.75) is 0 Å². The van der Waals surface area contributed by atoms with Gasteiger partial charge in [0, 0.05) is 19.7 Å². The first-order valence-electron chi connectivity index (χ1n) is 5.38. The Hall–Kier alpha value is -0.850. The second-order valence-corrected chi connectivity index (χ2v) is 6.72. The van der Waals surface area contributed by atoms with E-state index >= 15 is 0 Å². The Morgan fingerprint density at radius 2 is 1.79 bits per heavy atom. The van der Waals surface area contributed by atoms with Gasteiger partial charge in [-0.3, -0.25) is 4.79 Å². The van der Waals surface area contributed by atoms with Crippen molar-refractivity contribution in [3.63, 3.8) is 0 Å². The van der Waals surface area contributed by atoms with Gasteiger partial charge in [-0.15, -0.1) is 0 Å². The number of rotatable bonds is 0. The Kier molecular flexibility index (Phi) is 3.19. The van der Waals surface area contributed by atoms with E-state index in [9.17, 15) is 4.79 Å². The molecule has 3 rings (SSSR count). The lowest BCUT2D eigenvalue weighted by Gasteiger charge is -2.10. The molecule has 3 nitrogen and oxygen atoms in total. The van der Waals surface area contributed by atoms with E-state index < -0.39 is 0 Å². The van der Waals surface area contributed by atoms with E-state index in [1.54, 1.807) is 6.07 Å². The molecular formula is C13H7Br3N2O. The van der Waals surface area contributed by atoms with Gasteiger partial charge in [-0.2, -0.15) is 0 Å². The lowest BCUT2D eigenvalue weighted by Crippen LogP contribution is -2.07. The molecule has 0 aliphatic rings. The quantitative estimate of drug-likeness (QED) is 0.393. The highest BCUT2D eigenvalue weighted by Crippen LogP contribution is 2.37. The van der Waals surface area contributed by atoms with Gasteiger partial charge in [-0.1, -0.05) is 22.0 Å². The molecule has 0 radical (unpaired) electrons. The monoisotopic (exact) mass is 444 g/mol. The fourth-order valence-corrected chi connectivity index (χ4v) is 3.80. The molecule has 3 aromatic rings. The minimum absolute atomic E-state index is 0.118. The number of hydrogen-bond donors (Lipinski definition) is 2. The highest BCUT2D eigenvalue weighted by molar-refractivity contribution is 9.11. The molecule has 2 aromatic carbocycles. The summed E-state index contributed by atoms with van der Waals surface area (Å²) in [5.74, 6) is 0. The number of nitrogens with two attached hydrogens (primary N) is 1. The van der Waals surface area contributed by atoms with Crippen molar-refractivity contribution in [2.75, 3.05) is 5.73 Å². The summed E-state index contributed by atoms with van der Waals surface area (Å²) >= 11 is 10.3. The minimum Gasteiger partial charge on any atom is -0.397 e. The third-order valence-electron chi connectivity index (χ3n) is 3.00. The van der Waals surface area contributed by atoms with E-state index in [0.717, 1.165) is 29.7 Å². The zero-order valence-electron chi connectivity index (χ0n) is 9.43. The molecule has 96 valence electrons. The highest BCUT2D eigenvalue weighted by atomic mass is 79.9. The van der Waals surface area contributed by atoms with Crippen molar-refractivity contribution < 1.29 is 0 Å². The first kappa shape index (κ1) is 13.1. The number of H-pyrrole nitrogens is 1. The summed E-state index contributed by atoms with van der Waals surface area (Å²) in [4.78, 5) is 15.0. The van der Waals surface area contributed by atoms with Crippen LogP contribution in [0.2, 0.25) is 0 Å². The Morgan fingerprint density at radius 1 is 1.05 bits per heavy atom.